The molecule has 4 nitrogen and oxygen atoms in total. The number of hydrogen-bond donors (Lipinski definition) is 1. The van der Waals surface area contributed by atoms with E-state index < -0.39 is 0 Å². The van der Waals surface area contributed by atoms with Gasteiger partial charge in [-0.25, -0.2) is 9.97 Å². The second kappa shape index (κ2) is 7.17. The monoisotopic (exact) mass is 209 g/mol. The molecule has 84 valence electrons. The number of nitrogens with one attached hydrogen (secondary N) is 1. The Labute approximate surface area is 91.1 Å². The minimum atomic E-state index is 0.778. The van der Waals surface area contributed by atoms with Gasteiger partial charge >= 0.3 is 0 Å². The Morgan fingerprint density at radius 2 is 2.27 bits per heavy atom. The smallest absolute Gasteiger partial charge is 0.129 e. The third-order valence-corrected chi connectivity index (χ3v) is 2.06. The Hall–Kier alpha value is -1.16. The van der Waals surface area contributed by atoms with Crippen LogP contribution in [-0.2, 0) is 11.2 Å². The molecule has 0 spiro atoms. The van der Waals surface area contributed by atoms with Crippen LogP contribution in [0.3, 0.4) is 0 Å². The van der Waals surface area contributed by atoms with E-state index >= 15 is 0 Å². The zero-order valence-electron chi connectivity index (χ0n) is 9.49. The molecular formula is C11H19N3O. The minimum absolute atomic E-state index is 0.778. The first-order valence-electron chi connectivity index (χ1n) is 5.40. The van der Waals surface area contributed by atoms with Crippen LogP contribution in [0.2, 0.25) is 0 Å². The van der Waals surface area contributed by atoms with Crippen molar-refractivity contribution in [3.8, 4) is 0 Å². The number of rotatable bonds is 7. The predicted molar refractivity (Wildman–Crippen MR) is 61.0 cm³/mol. The van der Waals surface area contributed by atoms with Gasteiger partial charge in [0.2, 0.25) is 0 Å². The van der Waals surface area contributed by atoms with E-state index in [-0.39, 0.29) is 0 Å². The van der Waals surface area contributed by atoms with E-state index in [9.17, 15) is 0 Å². The molecule has 0 radical (unpaired) electrons. The first-order valence-corrected chi connectivity index (χ1v) is 5.40. The SMILES string of the molecule is CCCc1cc(NCCCOC)ncn1. The van der Waals surface area contributed by atoms with E-state index in [2.05, 4.69) is 22.2 Å². The van der Waals surface area contributed by atoms with Crippen molar-refractivity contribution in [2.24, 2.45) is 0 Å². The molecule has 0 fully saturated rings. The molecule has 0 aromatic carbocycles. The number of aryl methyl sites for hydroxylation is 1. The molecule has 0 saturated heterocycles. The second-order valence-electron chi connectivity index (χ2n) is 3.42. The third kappa shape index (κ3) is 4.74. The molecule has 1 N–H and O–H groups in total. The fraction of sp³-hybridized carbons (Fsp3) is 0.636. The number of methoxy groups -OCH3 is 1. The summed E-state index contributed by atoms with van der Waals surface area (Å²) in [6, 6.07) is 2.01. The molecule has 0 aliphatic rings. The molecule has 0 unspecified atom stereocenters. The Kier molecular flexibility index (Phi) is 5.70. The topological polar surface area (TPSA) is 47.0 Å². The van der Waals surface area contributed by atoms with E-state index in [4.69, 9.17) is 4.74 Å². The Morgan fingerprint density at radius 3 is 3.00 bits per heavy atom. The van der Waals surface area contributed by atoms with Crippen molar-refractivity contribution < 1.29 is 4.74 Å². The standard InChI is InChI=1S/C11H19N3O/c1-3-5-10-8-11(14-9-13-10)12-6-4-7-15-2/h8-9H,3-7H2,1-2H3,(H,12,13,14). The van der Waals surface area contributed by atoms with Crippen molar-refractivity contribution in [3.05, 3.63) is 18.1 Å². The predicted octanol–water partition coefficient (Wildman–Crippen LogP) is 1.88. The number of hydrogen-bond acceptors (Lipinski definition) is 4. The maximum atomic E-state index is 4.97. The largest absolute Gasteiger partial charge is 0.385 e. The first-order chi connectivity index (χ1) is 7.36. The summed E-state index contributed by atoms with van der Waals surface area (Å²) in [4.78, 5) is 8.35. The summed E-state index contributed by atoms with van der Waals surface area (Å²) >= 11 is 0. The molecule has 0 bridgehead atoms. The molecule has 0 atom stereocenters. The van der Waals surface area contributed by atoms with Crippen LogP contribution in [0.5, 0.6) is 0 Å². The quantitative estimate of drug-likeness (QED) is 0.696. The van der Waals surface area contributed by atoms with E-state index in [1.807, 2.05) is 6.07 Å². The molecule has 1 aromatic rings. The van der Waals surface area contributed by atoms with Crippen LogP contribution in [0.15, 0.2) is 12.4 Å². The average Bonchev–Trinajstić information content (AvgIpc) is 2.26. The average molecular weight is 209 g/mol. The van der Waals surface area contributed by atoms with Gasteiger partial charge in [-0.2, -0.15) is 0 Å². The molecule has 15 heavy (non-hydrogen) atoms. The van der Waals surface area contributed by atoms with Gasteiger partial charge in [-0.1, -0.05) is 13.3 Å². The van der Waals surface area contributed by atoms with Crippen LogP contribution in [0.1, 0.15) is 25.5 Å². The van der Waals surface area contributed by atoms with Crippen molar-refractivity contribution in [2.75, 3.05) is 25.6 Å². The van der Waals surface area contributed by atoms with Gasteiger partial charge in [-0.05, 0) is 12.8 Å². The first kappa shape index (κ1) is 11.9. The van der Waals surface area contributed by atoms with E-state index in [0.717, 1.165) is 43.9 Å². The molecule has 0 amide bonds. The molecule has 1 rings (SSSR count). The summed E-state index contributed by atoms with van der Waals surface area (Å²) in [5.41, 5.74) is 1.10. The lowest BCUT2D eigenvalue weighted by atomic mass is 10.2. The van der Waals surface area contributed by atoms with Crippen LogP contribution in [0.4, 0.5) is 5.82 Å². The minimum Gasteiger partial charge on any atom is -0.385 e. The Balaban J connectivity index is 2.36. The molecule has 0 aliphatic carbocycles. The van der Waals surface area contributed by atoms with E-state index in [0.29, 0.717) is 0 Å². The second-order valence-corrected chi connectivity index (χ2v) is 3.42. The third-order valence-electron chi connectivity index (χ3n) is 2.06. The Bertz CT molecular complexity index is 278. The van der Waals surface area contributed by atoms with Gasteiger partial charge in [0.1, 0.15) is 12.1 Å². The zero-order chi connectivity index (χ0) is 10.9. The van der Waals surface area contributed by atoms with Crippen molar-refractivity contribution in [1.82, 2.24) is 9.97 Å². The number of ether oxygens (including phenoxy) is 1. The fourth-order valence-corrected chi connectivity index (χ4v) is 1.32. The highest BCUT2D eigenvalue weighted by molar-refractivity contribution is 5.34. The van der Waals surface area contributed by atoms with Gasteiger partial charge in [-0.15, -0.1) is 0 Å². The normalized spacial score (nSPS) is 10.3. The lowest BCUT2D eigenvalue weighted by molar-refractivity contribution is 0.198. The van der Waals surface area contributed by atoms with Crippen molar-refractivity contribution in [2.45, 2.75) is 26.2 Å². The summed E-state index contributed by atoms with van der Waals surface area (Å²) in [6.07, 6.45) is 4.72. The lowest BCUT2D eigenvalue weighted by Gasteiger charge is -2.05. The Morgan fingerprint density at radius 1 is 1.40 bits per heavy atom. The van der Waals surface area contributed by atoms with Gasteiger partial charge in [-0.3, -0.25) is 0 Å². The van der Waals surface area contributed by atoms with Crippen molar-refractivity contribution in [3.63, 3.8) is 0 Å². The van der Waals surface area contributed by atoms with Gasteiger partial charge in [0.15, 0.2) is 0 Å². The van der Waals surface area contributed by atoms with Crippen molar-refractivity contribution >= 4 is 5.82 Å². The fourth-order valence-electron chi connectivity index (χ4n) is 1.32. The summed E-state index contributed by atoms with van der Waals surface area (Å²) < 4.78 is 4.97. The highest BCUT2D eigenvalue weighted by atomic mass is 16.5. The molecule has 0 aliphatic heterocycles. The van der Waals surface area contributed by atoms with Crippen LogP contribution < -0.4 is 5.32 Å². The molecule has 0 saturated carbocycles. The highest BCUT2D eigenvalue weighted by Crippen LogP contribution is 2.05. The molecule has 1 heterocycles. The van der Waals surface area contributed by atoms with Crippen molar-refractivity contribution in [1.29, 1.82) is 0 Å². The number of anilines is 1. The van der Waals surface area contributed by atoms with Gasteiger partial charge < -0.3 is 10.1 Å². The van der Waals surface area contributed by atoms with E-state index in [1.54, 1.807) is 13.4 Å². The summed E-state index contributed by atoms with van der Waals surface area (Å²) in [7, 11) is 1.71. The van der Waals surface area contributed by atoms with Gasteiger partial charge in [0.05, 0.1) is 0 Å². The highest BCUT2D eigenvalue weighted by Gasteiger charge is 1.97. The molecule has 1 aromatic heterocycles. The van der Waals surface area contributed by atoms with Crippen LogP contribution in [0.25, 0.3) is 0 Å². The zero-order valence-corrected chi connectivity index (χ0v) is 9.49. The van der Waals surface area contributed by atoms with Gasteiger partial charge in [0, 0.05) is 32.0 Å². The maximum absolute atomic E-state index is 4.97. The maximum Gasteiger partial charge on any atom is 0.129 e. The summed E-state index contributed by atoms with van der Waals surface area (Å²) in [5.74, 6) is 0.907. The summed E-state index contributed by atoms with van der Waals surface area (Å²) in [6.45, 7) is 3.81. The molecular weight excluding hydrogens is 190 g/mol. The summed E-state index contributed by atoms with van der Waals surface area (Å²) in [5, 5.41) is 3.25. The van der Waals surface area contributed by atoms with E-state index in [1.165, 1.54) is 0 Å². The lowest BCUT2D eigenvalue weighted by Crippen LogP contribution is -2.06. The van der Waals surface area contributed by atoms with Gasteiger partial charge in [0.25, 0.3) is 0 Å². The number of nitrogens with zero attached hydrogens (tertiary/aromatic N) is 2. The van der Waals surface area contributed by atoms with Crippen LogP contribution in [-0.4, -0.2) is 30.2 Å². The number of aromatic nitrogens is 2. The van der Waals surface area contributed by atoms with Crippen LogP contribution in [0, 0.1) is 0 Å². The van der Waals surface area contributed by atoms with Crippen LogP contribution >= 0.6 is 0 Å². The molecule has 4 heteroatoms.